The van der Waals surface area contributed by atoms with Gasteiger partial charge in [0.15, 0.2) is 0 Å². The molecule has 0 spiro atoms. The van der Waals surface area contributed by atoms with Crippen LogP contribution < -0.4 is 5.32 Å². The Morgan fingerprint density at radius 1 is 1.16 bits per heavy atom. The van der Waals surface area contributed by atoms with Gasteiger partial charge in [0, 0.05) is 29.7 Å². The Hall–Kier alpha value is -1.55. The van der Waals surface area contributed by atoms with E-state index < -0.39 is 0 Å². The molecule has 1 N–H and O–H groups in total. The molecule has 1 aliphatic rings. The number of amides is 1. The molecule has 0 aliphatic carbocycles. The number of halogens is 2. The van der Waals surface area contributed by atoms with Gasteiger partial charge in [-0.2, -0.15) is 0 Å². The number of nitrogens with one attached hydrogen (secondary N) is 1. The van der Waals surface area contributed by atoms with Gasteiger partial charge in [-0.25, -0.2) is 0 Å². The monoisotopic (exact) mass is 376 g/mol. The number of nitrogens with zero attached hydrogens (tertiary/aromatic N) is 1. The number of carbonyl (C=O) groups is 1. The molecule has 3 nitrogen and oxygen atoms in total. The molecule has 1 atom stereocenters. The van der Waals surface area contributed by atoms with E-state index in [0.29, 0.717) is 11.6 Å². The summed E-state index contributed by atoms with van der Waals surface area (Å²) in [7, 11) is 0. The first-order chi connectivity index (χ1) is 12.1. The van der Waals surface area contributed by atoms with E-state index in [0.717, 1.165) is 43.1 Å². The molecule has 1 unspecified atom stereocenters. The van der Waals surface area contributed by atoms with Crippen LogP contribution in [0.15, 0.2) is 48.5 Å². The summed E-state index contributed by atoms with van der Waals surface area (Å²) in [5.41, 5.74) is 2.13. The van der Waals surface area contributed by atoms with E-state index in [4.69, 9.17) is 23.2 Å². The minimum absolute atomic E-state index is 0.0235. The number of carbonyl (C=O) groups excluding carboxylic acids is 1. The van der Waals surface area contributed by atoms with Gasteiger partial charge in [0.25, 0.3) is 0 Å². The number of hydrogen-bond acceptors (Lipinski definition) is 2. The van der Waals surface area contributed by atoms with Crippen molar-refractivity contribution in [2.75, 3.05) is 13.1 Å². The molecule has 2 aromatic rings. The fourth-order valence-electron chi connectivity index (χ4n) is 3.28. The largest absolute Gasteiger partial charge is 0.352 e. The summed E-state index contributed by atoms with van der Waals surface area (Å²) in [6.07, 6.45) is 1.96. The van der Waals surface area contributed by atoms with Crippen LogP contribution in [0.25, 0.3) is 0 Å². The topological polar surface area (TPSA) is 32.3 Å². The maximum absolute atomic E-state index is 12.5. The fourth-order valence-corrected chi connectivity index (χ4v) is 3.69. The van der Waals surface area contributed by atoms with Gasteiger partial charge in [0.1, 0.15) is 0 Å². The Morgan fingerprint density at radius 3 is 2.80 bits per heavy atom. The summed E-state index contributed by atoms with van der Waals surface area (Å²) in [6.45, 7) is 3.10. The predicted molar refractivity (Wildman–Crippen MR) is 103 cm³/mol. The van der Waals surface area contributed by atoms with Crippen molar-refractivity contribution in [1.29, 1.82) is 0 Å². The molecule has 1 saturated heterocycles. The van der Waals surface area contributed by atoms with Crippen molar-refractivity contribution in [2.45, 2.75) is 25.9 Å². The van der Waals surface area contributed by atoms with Crippen molar-refractivity contribution >= 4 is 29.1 Å². The van der Waals surface area contributed by atoms with Crippen LogP contribution in [0.1, 0.15) is 24.0 Å². The fraction of sp³-hybridized carbons (Fsp3) is 0.350. The number of benzene rings is 2. The van der Waals surface area contributed by atoms with E-state index in [2.05, 4.69) is 16.3 Å². The summed E-state index contributed by atoms with van der Waals surface area (Å²) < 4.78 is 0. The summed E-state index contributed by atoms with van der Waals surface area (Å²) in [5.74, 6) is 0.131. The average molecular weight is 377 g/mol. The highest BCUT2D eigenvalue weighted by Gasteiger charge is 2.25. The maximum atomic E-state index is 12.5. The Bertz CT molecular complexity index is 735. The number of piperidine rings is 1. The molecule has 0 bridgehead atoms. The lowest BCUT2D eigenvalue weighted by Crippen LogP contribution is -2.42. The standard InChI is InChI=1S/C20H22Cl2N2O/c21-18-8-3-5-15(11-18)13-24-10-4-7-17(14-24)20(25)23-12-16-6-1-2-9-19(16)22/h1-3,5-6,8-9,11,17H,4,7,10,12-14H2,(H,23,25). The molecule has 1 amide bonds. The molecular weight excluding hydrogens is 355 g/mol. The minimum atomic E-state index is 0.0235. The third kappa shape index (κ3) is 5.21. The van der Waals surface area contributed by atoms with E-state index >= 15 is 0 Å². The predicted octanol–water partition coefficient (Wildman–Crippen LogP) is 4.52. The van der Waals surface area contributed by atoms with Crippen LogP contribution in [0.3, 0.4) is 0 Å². The van der Waals surface area contributed by atoms with Gasteiger partial charge in [-0.15, -0.1) is 0 Å². The summed E-state index contributed by atoms with van der Waals surface area (Å²) in [5, 5.41) is 4.47. The van der Waals surface area contributed by atoms with Crippen molar-refractivity contribution in [3.63, 3.8) is 0 Å². The van der Waals surface area contributed by atoms with Crippen molar-refractivity contribution in [3.8, 4) is 0 Å². The second kappa shape index (κ2) is 8.70. The van der Waals surface area contributed by atoms with E-state index in [1.54, 1.807) is 0 Å². The first-order valence-electron chi connectivity index (χ1n) is 8.60. The van der Waals surface area contributed by atoms with Gasteiger partial charge in [0.05, 0.1) is 5.92 Å². The molecule has 25 heavy (non-hydrogen) atoms. The average Bonchev–Trinajstić information content (AvgIpc) is 2.61. The second-order valence-electron chi connectivity index (χ2n) is 6.51. The quantitative estimate of drug-likeness (QED) is 0.831. The van der Waals surface area contributed by atoms with Crippen LogP contribution in [0.2, 0.25) is 10.0 Å². The molecule has 2 aromatic carbocycles. The molecular formula is C20H22Cl2N2O. The lowest BCUT2D eigenvalue weighted by Gasteiger charge is -2.32. The van der Waals surface area contributed by atoms with Crippen LogP contribution in [0.5, 0.6) is 0 Å². The van der Waals surface area contributed by atoms with Crippen molar-refractivity contribution in [2.24, 2.45) is 5.92 Å². The van der Waals surface area contributed by atoms with Crippen LogP contribution in [-0.4, -0.2) is 23.9 Å². The van der Waals surface area contributed by atoms with E-state index in [1.165, 1.54) is 5.56 Å². The molecule has 0 saturated carbocycles. The molecule has 132 valence electrons. The van der Waals surface area contributed by atoms with Crippen LogP contribution >= 0.6 is 23.2 Å². The number of likely N-dealkylation sites (tertiary alicyclic amines) is 1. The highest BCUT2D eigenvalue weighted by molar-refractivity contribution is 6.31. The van der Waals surface area contributed by atoms with Crippen LogP contribution in [0.4, 0.5) is 0 Å². The zero-order valence-corrected chi connectivity index (χ0v) is 15.6. The maximum Gasteiger partial charge on any atom is 0.224 e. The Balaban J connectivity index is 1.53. The van der Waals surface area contributed by atoms with E-state index in [-0.39, 0.29) is 11.8 Å². The third-order valence-electron chi connectivity index (χ3n) is 4.58. The molecule has 0 aromatic heterocycles. The van der Waals surface area contributed by atoms with Crippen molar-refractivity contribution in [1.82, 2.24) is 10.2 Å². The molecule has 1 aliphatic heterocycles. The molecule has 5 heteroatoms. The highest BCUT2D eigenvalue weighted by Crippen LogP contribution is 2.21. The normalized spacial score (nSPS) is 18.1. The number of rotatable bonds is 5. The Kier molecular flexibility index (Phi) is 6.35. The van der Waals surface area contributed by atoms with Crippen LogP contribution in [0, 0.1) is 5.92 Å². The van der Waals surface area contributed by atoms with E-state index in [9.17, 15) is 4.79 Å². The van der Waals surface area contributed by atoms with Gasteiger partial charge in [-0.05, 0) is 48.7 Å². The van der Waals surface area contributed by atoms with Crippen molar-refractivity contribution in [3.05, 3.63) is 69.7 Å². The summed E-state index contributed by atoms with van der Waals surface area (Å²) in [6, 6.07) is 15.5. The lowest BCUT2D eigenvalue weighted by atomic mass is 9.96. The zero-order chi connectivity index (χ0) is 17.6. The van der Waals surface area contributed by atoms with Gasteiger partial charge < -0.3 is 5.32 Å². The SMILES string of the molecule is O=C(NCc1ccccc1Cl)C1CCCN(Cc2cccc(Cl)c2)C1. The smallest absolute Gasteiger partial charge is 0.224 e. The first kappa shape index (κ1) is 18.2. The molecule has 3 rings (SSSR count). The van der Waals surface area contributed by atoms with Gasteiger partial charge in [0.2, 0.25) is 5.91 Å². The van der Waals surface area contributed by atoms with Gasteiger partial charge >= 0.3 is 0 Å². The summed E-state index contributed by atoms with van der Waals surface area (Å²) in [4.78, 5) is 14.9. The minimum Gasteiger partial charge on any atom is -0.352 e. The molecule has 1 fully saturated rings. The van der Waals surface area contributed by atoms with Crippen LogP contribution in [-0.2, 0) is 17.9 Å². The summed E-state index contributed by atoms with van der Waals surface area (Å²) >= 11 is 12.2. The third-order valence-corrected chi connectivity index (χ3v) is 5.19. The zero-order valence-electron chi connectivity index (χ0n) is 14.1. The van der Waals surface area contributed by atoms with Gasteiger partial charge in [-0.1, -0.05) is 53.5 Å². The lowest BCUT2D eigenvalue weighted by molar-refractivity contribution is -0.126. The first-order valence-corrected chi connectivity index (χ1v) is 9.35. The molecule has 1 heterocycles. The second-order valence-corrected chi connectivity index (χ2v) is 7.36. The number of hydrogen-bond donors (Lipinski definition) is 1. The van der Waals surface area contributed by atoms with Gasteiger partial charge in [-0.3, -0.25) is 9.69 Å². The van der Waals surface area contributed by atoms with Crippen molar-refractivity contribution < 1.29 is 4.79 Å². The highest BCUT2D eigenvalue weighted by atomic mass is 35.5. The molecule has 0 radical (unpaired) electrons. The van der Waals surface area contributed by atoms with E-state index in [1.807, 2.05) is 42.5 Å². The Morgan fingerprint density at radius 2 is 2.00 bits per heavy atom. The Labute approximate surface area is 158 Å².